The zero-order valence-electron chi connectivity index (χ0n) is 28.8. The Labute approximate surface area is 309 Å². The first kappa shape index (κ1) is 39.1. The minimum atomic E-state index is -3.77. The van der Waals surface area contributed by atoms with Gasteiger partial charge in [0.15, 0.2) is 0 Å². The highest BCUT2D eigenvalue weighted by Gasteiger charge is 2.35. The van der Waals surface area contributed by atoms with E-state index < -0.39 is 25.2 Å². The molecule has 0 fully saturated rings. The van der Waals surface area contributed by atoms with Crippen LogP contribution in [0.15, 0.2) is 152 Å². The van der Waals surface area contributed by atoms with Crippen LogP contribution in [0.5, 0.6) is 0 Å². The lowest BCUT2D eigenvalue weighted by Gasteiger charge is -2.32. The normalized spacial score (nSPS) is 13.2. The molecule has 0 aliphatic carbocycles. The third-order valence-corrected chi connectivity index (χ3v) is 11.5. The third kappa shape index (κ3) is 13.5. The Kier molecular flexibility index (Phi) is 16.1. The Morgan fingerprint density at radius 3 is 1.38 bits per heavy atom. The van der Waals surface area contributed by atoms with Gasteiger partial charge in [-0.1, -0.05) is 152 Å². The van der Waals surface area contributed by atoms with Gasteiger partial charge < -0.3 is 23.6 Å². The largest absolute Gasteiger partial charge is 0.387 e. The highest BCUT2D eigenvalue weighted by Crippen LogP contribution is 2.53. The maximum atomic E-state index is 14.4. The molecule has 0 aromatic heterocycles. The van der Waals surface area contributed by atoms with E-state index in [-0.39, 0.29) is 45.1 Å². The standard InChI is InChI=1S/C41H44NO8PS/c43-32-42(48-29-36-20-10-3-11-21-36)26-39(46-27-34-16-6-1-7-17-34)40(44)41(47-28-35-18-8-2-9-19-35)52-33-51(45,49-30-37-22-12-4-13-23-37)50-31-38-24-14-5-15-25-38/h1-25,32,39-41,44H,26-31,33H2/t39-,40-,41+/m0/s1. The maximum Gasteiger partial charge on any atom is 0.341 e. The lowest BCUT2D eigenvalue weighted by atomic mass is 10.2. The van der Waals surface area contributed by atoms with Gasteiger partial charge in [-0.05, 0) is 27.8 Å². The van der Waals surface area contributed by atoms with Crippen LogP contribution in [0.1, 0.15) is 27.8 Å². The van der Waals surface area contributed by atoms with Crippen LogP contribution in [0.2, 0.25) is 0 Å². The van der Waals surface area contributed by atoms with Crippen molar-refractivity contribution in [2.45, 2.75) is 50.7 Å². The van der Waals surface area contributed by atoms with E-state index in [9.17, 15) is 14.5 Å². The smallest absolute Gasteiger partial charge is 0.341 e. The van der Waals surface area contributed by atoms with Crippen molar-refractivity contribution in [3.8, 4) is 0 Å². The van der Waals surface area contributed by atoms with Crippen LogP contribution >= 0.6 is 19.4 Å². The first-order chi connectivity index (χ1) is 25.5. The van der Waals surface area contributed by atoms with Gasteiger partial charge in [0.1, 0.15) is 24.3 Å². The number of hydrogen-bond donors (Lipinski definition) is 1. The van der Waals surface area contributed by atoms with Crippen LogP contribution in [0.3, 0.4) is 0 Å². The molecule has 52 heavy (non-hydrogen) atoms. The summed E-state index contributed by atoms with van der Waals surface area (Å²) < 4.78 is 39.1. The molecule has 0 heterocycles. The molecule has 3 atom stereocenters. The predicted molar refractivity (Wildman–Crippen MR) is 203 cm³/mol. The van der Waals surface area contributed by atoms with Crippen molar-refractivity contribution in [2.75, 3.05) is 12.0 Å². The Morgan fingerprint density at radius 1 is 0.577 bits per heavy atom. The van der Waals surface area contributed by atoms with E-state index in [1.54, 1.807) is 0 Å². The molecule has 5 rings (SSSR count). The quantitative estimate of drug-likeness (QED) is 0.0306. The third-order valence-electron chi connectivity index (χ3n) is 7.88. The Morgan fingerprint density at radius 2 is 0.962 bits per heavy atom. The molecular formula is C41H44NO8PS. The number of thioether (sulfide) groups is 1. The van der Waals surface area contributed by atoms with Crippen LogP contribution in [0.4, 0.5) is 0 Å². The summed E-state index contributed by atoms with van der Waals surface area (Å²) in [7, 11) is -3.77. The van der Waals surface area contributed by atoms with Gasteiger partial charge in [-0.25, -0.2) is 5.06 Å². The number of nitrogens with zero attached hydrogens (tertiary/aromatic N) is 1. The van der Waals surface area contributed by atoms with E-state index in [4.69, 9.17) is 23.4 Å². The Hall–Kier alpha value is -4.09. The first-order valence-electron chi connectivity index (χ1n) is 17.0. The van der Waals surface area contributed by atoms with Crippen molar-refractivity contribution in [3.05, 3.63) is 179 Å². The molecule has 0 bridgehead atoms. The molecule has 0 radical (unpaired) electrons. The first-order valence-corrected chi connectivity index (χ1v) is 19.7. The summed E-state index contributed by atoms with van der Waals surface area (Å²) in [5.74, 6) is 0. The van der Waals surface area contributed by atoms with Crippen LogP contribution in [-0.2, 0) is 65.8 Å². The molecular weight excluding hydrogens is 697 g/mol. The van der Waals surface area contributed by atoms with E-state index in [0.717, 1.165) is 44.6 Å². The number of hydrogen-bond acceptors (Lipinski definition) is 9. The summed E-state index contributed by atoms with van der Waals surface area (Å²) in [5, 5.41) is 13.1. The fourth-order valence-corrected chi connectivity index (χ4v) is 8.23. The number of hydroxylamine groups is 2. The fourth-order valence-electron chi connectivity index (χ4n) is 5.02. The molecule has 1 N–H and O–H groups in total. The molecule has 0 saturated heterocycles. The molecule has 11 heteroatoms. The molecule has 1 amide bonds. The number of carbonyl (C=O) groups is 1. The molecule has 9 nitrogen and oxygen atoms in total. The molecule has 5 aromatic carbocycles. The van der Waals surface area contributed by atoms with Gasteiger partial charge in [0.05, 0.1) is 38.5 Å². The monoisotopic (exact) mass is 741 g/mol. The van der Waals surface area contributed by atoms with Gasteiger partial charge in [-0.15, -0.1) is 11.8 Å². The van der Waals surface area contributed by atoms with Gasteiger partial charge in [0.25, 0.3) is 0 Å². The highest BCUT2D eigenvalue weighted by molar-refractivity contribution is 8.05. The summed E-state index contributed by atoms with van der Waals surface area (Å²) in [6.45, 7) is 0.488. The average molecular weight is 742 g/mol. The molecule has 272 valence electrons. The predicted octanol–water partition coefficient (Wildman–Crippen LogP) is 8.38. The second-order valence-electron chi connectivity index (χ2n) is 11.9. The van der Waals surface area contributed by atoms with Gasteiger partial charge in [0, 0.05) is 0 Å². The highest BCUT2D eigenvalue weighted by atomic mass is 32.2. The second kappa shape index (κ2) is 21.4. The summed E-state index contributed by atoms with van der Waals surface area (Å²) in [6, 6.07) is 47.4. The SMILES string of the molecule is O=CN(C[C@H](OCc1ccccc1)[C@H](O)[C@H](OCc1ccccc1)SCP(=O)(OCc1ccccc1)OCc1ccccc1)OCc1ccccc1. The zero-order valence-corrected chi connectivity index (χ0v) is 30.5. The average Bonchev–Trinajstić information content (AvgIpc) is 3.21. The molecule has 0 unspecified atom stereocenters. The molecule has 0 spiro atoms. The van der Waals surface area contributed by atoms with Gasteiger partial charge in [-0.3, -0.25) is 14.2 Å². The fraction of sp³-hybridized carbons (Fsp3) is 0.244. The van der Waals surface area contributed by atoms with Crippen molar-refractivity contribution >= 4 is 25.8 Å². The second-order valence-corrected chi connectivity index (χ2v) is 15.4. The topological polar surface area (TPSA) is 104 Å². The van der Waals surface area contributed by atoms with E-state index in [2.05, 4.69) is 0 Å². The number of aliphatic hydroxyl groups is 1. The summed E-state index contributed by atoms with van der Waals surface area (Å²) in [4.78, 5) is 18.1. The van der Waals surface area contributed by atoms with Gasteiger partial charge in [-0.2, -0.15) is 0 Å². The van der Waals surface area contributed by atoms with E-state index in [1.807, 2.05) is 152 Å². The molecule has 0 aliphatic rings. The number of rotatable bonds is 23. The van der Waals surface area contributed by atoms with E-state index in [0.29, 0.717) is 6.41 Å². The van der Waals surface area contributed by atoms with E-state index in [1.165, 1.54) is 0 Å². The summed E-state index contributed by atoms with van der Waals surface area (Å²) in [5.41, 5.74) is 3.21. The van der Waals surface area contributed by atoms with Crippen molar-refractivity contribution in [3.63, 3.8) is 0 Å². The minimum Gasteiger partial charge on any atom is -0.387 e. The maximum absolute atomic E-state index is 14.4. The lowest BCUT2D eigenvalue weighted by Crippen LogP contribution is -2.46. The zero-order chi connectivity index (χ0) is 36.3. The number of ether oxygens (including phenoxy) is 2. The number of aliphatic hydroxyl groups excluding tert-OH is 1. The summed E-state index contributed by atoms with van der Waals surface area (Å²) in [6.07, 6.45) is -1.72. The van der Waals surface area contributed by atoms with Crippen molar-refractivity contribution in [2.24, 2.45) is 0 Å². The molecule has 5 aromatic rings. The molecule has 0 saturated carbocycles. The Bertz CT molecular complexity index is 1710. The number of benzene rings is 5. The number of amides is 1. The van der Waals surface area contributed by atoms with Crippen molar-refractivity contribution in [1.82, 2.24) is 5.06 Å². The molecule has 0 aliphatic heterocycles. The van der Waals surface area contributed by atoms with Crippen LogP contribution < -0.4 is 0 Å². The number of carbonyl (C=O) groups excluding carboxylic acids is 1. The summed E-state index contributed by atoms with van der Waals surface area (Å²) >= 11 is 1.11. The van der Waals surface area contributed by atoms with Crippen LogP contribution in [-0.4, -0.2) is 46.3 Å². The Balaban J connectivity index is 1.36. The minimum absolute atomic E-state index is 0.0709. The van der Waals surface area contributed by atoms with Crippen LogP contribution in [0.25, 0.3) is 0 Å². The van der Waals surface area contributed by atoms with Crippen molar-refractivity contribution < 1.29 is 37.8 Å². The van der Waals surface area contributed by atoms with Crippen molar-refractivity contribution in [1.29, 1.82) is 0 Å². The van der Waals surface area contributed by atoms with Crippen LogP contribution in [0, 0.1) is 0 Å². The lowest BCUT2D eigenvalue weighted by molar-refractivity contribution is -0.198. The van der Waals surface area contributed by atoms with E-state index >= 15 is 0 Å². The van der Waals surface area contributed by atoms with Gasteiger partial charge >= 0.3 is 7.60 Å². The van der Waals surface area contributed by atoms with Gasteiger partial charge in [0.2, 0.25) is 6.41 Å².